The van der Waals surface area contributed by atoms with Gasteiger partial charge >= 0.3 is 0 Å². The van der Waals surface area contributed by atoms with E-state index in [1.807, 2.05) is 4.90 Å². The number of hydrogen-bond donors (Lipinski definition) is 1. The van der Waals surface area contributed by atoms with E-state index < -0.39 is 0 Å². The normalized spacial score (nSPS) is 28.2. The molecule has 0 aromatic carbocycles. The molecule has 3 aliphatic rings. The molecule has 3 fully saturated rings. The fraction of sp³-hybridized carbons (Fsp3) is 0.875. The fourth-order valence-electron chi connectivity index (χ4n) is 4.18. The summed E-state index contributed by atoms with van der Waals surface area (Å²) in [5.41, 5.74) is 0.125. The van der Waals surface area contributed by atoms with Crippen LogP contribution in [0.1, 0.15) is 38.5 Å². The zero-order chi connectivity index (χ0) is 15.6. The highest BCUT2D eigenvalue weighted by Crippen LogP contribution is 2.38. The summed E-state index contributed by atoms with van der Waals surface area (Å²) in [7, 11) is 1.69. The summed E-state index contributed by atoms with van der Waals surface area (Å²) in [5, 5.41) is 2.72. The monoisotopic (exact) mass is 309 g/mol. The Morgan fingerprint density at radius 2 is 1.95 bits per heavy atom. The molecular formula is C16H27N3O3. The van der Waals surface area contributed by atoms with Crippen molar-refractivity contribution in [1.82, 2.24) is 15.1 Å². The molecule has 1 N–H and O–H groups in total. The van der Waals surface area contributed by atoms with Crippen LogP contribution in [-0.2, 0) is 14.3 Å². The van der Waals surface area contributed by atoms with Gasteiger partial charge in [0.05, 0.1) is 6.54 Å². The Bertz CT molecular complexity index is 426. The van der Waals surface area contributed by atoms with Gasteiger partial charge in [-0.3, -0.25) is 14.5 Å². The number of carbonyl (C=O) groups is 2. The number of rotatable bonds is 3. The third-order valence-electron chi connectivity index (χ3n) is 5.57. The number of hydrogen-bond acceptors (Lipinski definition) is 4. The van der Waals surface area contributed by atoms with Gasteiger partial charge in [-0.25, -0.2) is 0 Å². The molecule has 3 aliphatic heterocycles. The van der Waals surface area contributed by atoms with Crippen LogP contribution in [0.3, 0.4) is 0 Å². The quantitative estimate of drug-likeness (QED) is 0.818. The Balaban J connectivity index is 1.57. The molecule has 1 spiro atoms. The second-order valence-electron chi connectivity index (χ2n) is 6.75. The Morgan fingerprint density at radius 1 is 1.18 bits per heavy atom. The van der Waals surface area contributed by atoms with Crippen LogP contribution in [0.25, 0.3) is 0 Å². The minimum atomic E-state index is -0.209. The minimum absolute atomic E-state index is 0.0825. The first-order valence-corrected chi connectivity index (χ1v) is 8.51. The Hall–Kier alpha value is -1.14. The van der Waals surface area contributed by atoms with Crippen molar-refractivity contribution in [1.29, 1.82) is 0 Å². The average molecular weight is 309 g/mol. The number of likely N-dealkylation sites (N-methyl/N-ethyl adjacent to an activating group) is 1. The standard InChI is InChI=1S/C16H27N3O3/c1-17-14(20)12-19-8-3-5-16(19)6-9-18(10-7-16)15(21)13-4-2-11-22-13/h13H,2-12H2,1H3,(H,17,20). The predicted molar refractivity (Wildman–Crippen MR) is 82.4 cm³/mol. The minimum Gasteiger partial charge on any atom is -0.368 e. The Kier molecular flexibility index (Phi) is 4.68. The molecule has 124 valence electrons. The van der Waals surface area contributed by atoms with Gasteiger partial charge in [-0.05, 0) is 45.1 Å². The van der Waals surface area contributed by atoms with Gasteiger partial charge in [0.15, 0.2) is 0 Å². The molecule has 0 bridgehead atoms. The van der Waals surface area contributed by atoms with Crippen LogP contribution < -0.4 is 5.32 Å². The molecule has 0 radical (unpaired) electrons. The van der Waals surface area contributed by atoms with Crippen LogP contribution in [0.4, 0.5) is 0 Å². The topological polar surface area (TPSA) is 61.9 Å². The van der Waals surface area contributed by atoms with Crippen LogP contribution in [0.15, 0.2) is 0 Å². The highest BCUT2D eigenvalue weighted by atomic mass is 16.5. The van der Waals surface area contributed by atoms with Gasteiger partial charge in [-0.1, -0.05) is 0 Å². The summed E-state index contributed by atoms with van der Waals surface area (Å²) in [6, 6.07) is 0. The maximum atomic E-state index is 12.4. The Labute approximate surface area is 132 Å². The average Bonchev–Trinajstić information content (AvgIpc) is 3.19. The number of carbonyl (C=O) groups excluding carboxylic acids is 2. The molecule has 22 heavy (non-hydrogen) atoms. The molecule has 0 aromatic heterocycles. The summed E-state index contributed by atoms with van der Waals surface area (Å²) < 4.78 is 5.52. The molecule has 3 heterocycles. The highest BCUT2D eigenvalue weighted by Gasteiger charge is 2.44. The molecule has 0 aromatic rings. The van der Waals surface area contributed by atoms with E-state index in [0.717, 1.165) is 58.2 Å². The van der Waals surface area contributed by atoms with Crippen LogP contribution in [0.5, 0.6) is 0 Å². The SMILES string of the molecule is CNC(=O)CN1CCCC12CCN(C(=O)C1CCCO1)CC2. The number of likely N-dealkylation sites (tertiary alicyclic amines) is 2. The lowest BCUT2D eigenvalue weighted by Gasteiger charge is -2.45. The van der Waals surface area contributed by atoms with Gasteiger partial charge < -0.3 is 15.0 Å². The van der Waals surface area contributed by atoms with Crippen molar-refractivity contribution in [2.45, 2.75) is 50.2 Å². The largest absolute Gasteiger partial charge is 0.368 e. The lowest BCUT2D eigenvalue weighted by atomic mass is 9.84. The summed E-state index contributed by atoms with van der Waals surface area (Å²) in [6.45, 7) is 3.78. The zero-order valence-corrected chi connectivity index (χ0v) is 13.5. The summed E-state index contributed by atoms with van der Waals surface area (Å²) in [4.78, 5) is 28.4. The Morgan fingerprint density at radius 3 is 2.59 bits per heavy atom. The van der Waals surface area contributed by atoms with E-state index in [4.69, 9.17) is 4.74 Å². The molecule has 3 rings (SSSR count). The summed E-state index contributed by atoms with van der Waals surface area (Å²) >= 11 is 0. The van der Waals surface area contributed by atoms with Crippen molar-refractivity contribution < 1.29 is 14.3 Å². The van der Waals surface area contributed by atoms with Crippen LogP contribution in [-0.4, -0.2) is 73.1 Å². The first kappa shape index (κ1) is 15.7. The van der Waals surface area contributed by atoms with Gasteiger partial charge in [0.25, 0.3) is 5.91 Å². The predicted octanol–water partition coefficient (Wildman–Crippen LogP) is 0.368. The van der Waals surface area contributed by atoms with E-state index in [0.29, 0.717) is 13.2 Å². The van der Waals surface area contributed by atoms with Crippen molar-refractivity contribution in [3.05, 3.63) is 0 Å². The zero-order valence-electron chi connectivity index (χ0n) is 13.5. The maximum absolute atomic E-state index is 12.4. The molecular weight excluding hydrogens is 282 g/mol. The van der Waals surface area contributed by atoms with E-state index in [9.17, 15) is 9.59 Å². The van der Waals surface area contributed by atoms with E-state index in [1.54, 1.807) is 7.05 Å². The highest BCUT2D eigenvalue weighted by molar-refractivity contribution is 5.81. The second-order valence-corrected chi connectivity index (χ2v) is 6.75. The number of nitrogens with zero attached hydrogens (tertiary/aromatic N) is 2. The number of nitrogens with one attached hydrogen (secondary N) is 1. The van der Waals surface area contributed by atoms with Gasteiger partial charge in [-0.15, -0.1) is 0 Å². The van der Waals surface area contributed by atoms with E-state index in [2.05, 4.69) is 10.2 Å². The molecule has 0 aliphatic carbocycles. The first-order valence-electron chi connectivity index (χ1n) is 8.51. The molecule has 1 atom stereocenters. The van der Waals surface area contributed by atoms with Crippen LogP contribution in [0.2, 0.25) is 0 Å². The van der Waals surface area contributed by atoms with Crippen molar-refractivity contribution in [3.63, 3.8) is 0 Å². The van der Waals surface area contributed by atoms with Crippen LogP contribution >= 0.6 is 0 Å². The van der Waals surface area contributed by atoms with Crippen molar-refractivity contribution in [2.75, 3.05) is 39.8 Å². The first-order chi connectivity index (χ1) is 10.6. The second kappa shape index (κ2) is 6.54. The van der Waals surface area contributed by atoms with E-state index in [1.165, 1.54) is 0 Å². The summed E-state index contributed by atoms with van der Waals surface area (Å²) in [5.74, 6) is 0.252. The van der Waals surface area contributed by atoms with Crippen LogP contribution in [0, 0.1) is 0 Å². The number of ether oxygens (including phenoxy) is 1. The van der Waals surface area contributed by atoms with Crippen molar-refractivity contribution >= 4 is 11.8 Å². The van der Waals surface area contributed by atoms with Crippen molar-refractivity contribution in [2.24, 2.45) is 0 Å². The molecule has 6 nitrogen and oxygen atoms in total. The van der Waals surface area contributed by atoms with E-state index >= 15 is 0 Å². The van der Waals surface area contributed by atoms with Gasteiger partial charge in [-0.2, -0.15) is 0 Å². The smallest absolute Gasteiger partial charge is 0.251 e. The molecule has 3 saturated heterocycles. The summed E-state index contributed by atoms with van der Waals surface area (Å²) in [6.07, 6.45) is 5.89. The third kappa shape index (κ3) is 2.99. The molecule has 2 amide bonds. The lowest BCUT2D eigenvalue weighted by molar-refractivity contribution is -0.143. The van der Waals surface area contributed by atoms with Gasteiger partial charge in [0, 0.05) is 32.3 Å². The fourth-order valence-corrected chi connectivity index (χ4v) is 4.18. The molecule has 0 saturated carbocycles. The number of amides is 2. The van der Waals surface area contributed by atoms with E-state index in [-0.39, 0.29) is 23.5 Å². The van der Waals surface area contributed by atoms with Crippen molar-refractivity contribution in [3.8, 4) is 0 Å². The maximum Gasteiger partial charge on any atom is 0.251 e. The lowest BCUT2D eigenvalue weighted by Crippen LogP contribution is -2.56. The molecule has 6 heteroatoms. The number of piperidine rings is 1. The molecule has 1 unspecified atom stereocenters. The third-order valence-corrected chi connectivity index (χ3v) is 5.57. The van der Waals surface area contributed by atoms with Gasteiger partial charge in [0.2, 0.25) is 5.91 Å². The van der Waals surface area contributed by atoms with Gasteiger partial charge in [0.1, 0.15) is 6.10 Å².